The molecule has 102 valence electrons. The number of aryl methyl sites for hydroxylation is 2. The second-order valence-corrected chi connectivity index (χ2v) is 4.74. The number of unbranched alkanes of at least 4 members (excludes halogenated alkanes) is 4. The van der Waals surface area contributed by atoms with E-state index in [4.69, 9.17) is 9.84 Å². The summed E-state index contributed by atoms with van der Waals surface area (Å²) in [5.74, 6) is 1.02. The van der Waals surface area contributed by atoms with Crippen LogP contribution in [0.1, 0.15) is 50.2 Å². The highest BCUT2D eigenvalue weighted by Crippen LogP contribution is 2.22. The van der Waals surface area contributed by atoms with Crippen LogP contribution in [-0.2, 0) is 12.8 Å². The molecule has 1 aromatic carbocycles. The Balaban J connectivity index is 2.39. The molecule has 0 amide bonds. The van der Waals surface area contributed by atoms with Crippen molar-refractivity contribution in [3.05, 3.63) is 29.3 Å². The summed E-state index contributed by atoms with van der Waals surface area (Å²) in [4.78, 5) is 0. The molecule has 0 unspecified atom stereocenters. The van der Waals surface area contributed by atoms with Crippen LogP contribution in [0, 0.1) is 0 Å². The van der Waals surface area contributed by atoms with Crippen LogP contribution in [0.3, 0.4) is 0 Å². The Labute approximate surface area is 111 Å². The van der Waals surface area contributed by atoms with Crippen LogP contribution >= 0.6 is 0 Å². The SMILES string of the molecule is CCc1ccc(OC)c(CCCCCCCO)c1. The van der Waals surface area contributed by atoms with Crippen LogP contribution in [0.2, 0.25) is 0 Å². The average Bonchev–Trinajstić information content (AvgIpc) is 2.42. The highest BCUT2D eigenvalue weighted by molar-refractivity contribution is 5.37. The Morgan fingerprint density at radius 1 is 1.06 bits per heavy atom. The van der Waals surface area contributed by atoms with E-state index in [0.29, 0.717) is 6.61 Å². The van der Waals surface area contributed by atoms with Crippen molar-refractivity contribution in [2.24, 2.45) is 0 Å². The molecule has 0 saturated carbocycles. The van der Waals surface area contributed by atoms with Crippen molar-refractivity contribution < 1.29 is 9.84 Å². The van der Waals surface area contributed by atoms with E-state index in [9.17, 15) is 0 Å². The molecule has 0 aromatic heterocycles. The van der Waals surface area contributed by atoms with Crippen LogP contribution in [-0.4, -0.2) is 18.8 Å². The number of hydrogen-bond donors (Lipinski definition) is 1. The lowest BCUT2D eigenvalue weighted by Gasteiger charge is -2.10. The van der Waals surface area contributed by atoms with Crippen molar-refractivity contribution in [1.29, 1.82) is 0 Å². The van der Waals surface area contributed by atoms with E-state index in [1.54, 1.807) is 7.11 Å². The van der Waals surface area contributed by atoms with Gasteiger partial charge in [0.25, 0.3) is 0 Å². The maximum Gasteiger partial charge on any atom is 0.122 e. The minimum Gasteiger partial charge on any atom is -0.496 e. The predicted octanol–water partition coefficient (Wildman–Crippen LogP) is 3.74. The summed E-state index contributed by atoms with van der Waals surface area (Å²) in [6.45, 7) is 2.51. The average molecular weight is 250 g/mol. The van der Waals surface area contributed by atoms with Gasteiger partial charge in [0.15, 0.2) is 0 Å². The van der Waals surface area contributed by atoms with Gasteiger partial charge in [0.05, 0.1) is 7.11 Å². The number of aliphatic hydroxyl groups is 1. The zero-order valence-electron chi connectivity index (χ0n) is 11.7. The number of methoxy groups -OCH3 is 1. The third-order valence-corrected chi connectivity index (χ3v) is 3.36. The molecule has 0 bridgehead atoms. The molecule has 2 nitrogen and oxygen atoms in total. The van der Waals surface area contributed by atoms with E-state index in [0.717, 1.165) is 31.4 Å². The van der Waals surface area contributed by atoms with Gasteiger partial charge in [-0.3, -0.25) is 0 Å². The Morgan fingerprint density at radius 3 is 2.44 bits per heavy atom. The molecular weight excluding hydrogens is 224 g/mol. The third kappa shape index (κ3) is 5.09. The molecule has 0 radical (unpaired) electrons. The largest absolute Gasteiger partial charge is 0.496 e. The van der Waals surface area contributed by atoms with Gasteiger partial charge in [-0.15, -0.1) is 0 Å². The van der Waals surface area contributed by atoms with E-state index < -0.39 is 0 Å². The Hall–Kier alpha value is -1.02. The zero-order valence-corrected chi connectivity index (χ0v) is 11.7. The summed E-state index contributed by atoms with van der Waals surface area (Å²) >= 11 is 0. The molecule has 1 N–H and O–H groups in total. The monoisotopic (exact) mass is 250 g/mol. The van der Waals surface area contributed by atoms with Crippen molar-refractivity contribution >= 4 is 0 Å². The van der Waals surface area contributed by atoms with Crippen molar-refractivity contribution in [2.75, 3.05) is 13.7 Å². The van der Waals surface area contributed by atoms with Crippen LogP contribution in [0.4, 0.5) is 0 Å². The first kappa shape index (κ1) is 15.0. The van der Waals surface area contributed by atoms with Crippen molar-refractivity contribution in [3.8, 4) is 5.75 Å². The van der Waals surface area contributed by atoms with Gasteiger partial charge in [-0.25, -0.2) is 0 Å². The third-order valence-electron chi connectivity index (χ3n) is 3.36. The molecule has 0 aliphatic rings. The number of aliphatic hydroxyl groups excluding tert-OH is 1. The zero-order chi connectivity index (χ0) is 13.2. The molecule has 18 heavy (non-hydrogen) atoms. The smallest absolute Gasteiger partial charge is 0.122 e. The predicted molar refractivity (Wildman–Crippen MR) is 76.2 cm³/mol. The highest BCUT2D eigenvalue weighted by atomic mass is 16.5. The van der Waals surface area contributed by atoms with Crippen LogP contribution in [0.25, 0.3) is 0 Å². The van der Waals surface area contributed by atoms with Gasteiger partial charge in [0.1, 0.15) is 5.75 Å². The standard InChI is InChI=1S/C16H26O2/c1-3-14-10-11-16(18-2)15(13-14)9-7-5-4-6-8-12-17/h10-11,13,17H,3-9,12H2,1-2H3. The van der Waals surface area contributed by atoms with E-state index >= 15 is 0 Å². The van der Waals surface area contributed by atoms with Crippen LogP contribution in [0.5, 0.6) is 5.75 Å². The minimum absolute atomic E-state index is 0.326. The van der Waals surface area contributed by atoms with Gasteiger partial charge in [0.2, 0.25) is 0 Å². The Bertz CT molecular complexity index is 334. The van der Waals surface area contributed by atoms with Gasteiger partial charge in [-0.1, -0.05) is 38.3 Å². The van der Waals surface area contributed by atoms with E-state index in [1.807, 2.05) is 0 Å². The molecule has 0 saturated heterocycles. The minimum atomic E-state index is 0.326. The van der Waals surface area contributed by atoms with Gasteiger partial charge in [-0.2, -0.15) is 0 Å². The molecule has 0 atom stereocenters. The quantitative estimate of drug-likeness (QED) is 0.676. The van der Waals surface area contributed by atoms with Gasteiger partial charge >= 0.3 is 0 Å². The molecule has 1 rings (SSSR count). The molecule has 0 fully saturated rings. The number of benzene rings is 1. The lowest BCUT2D eigenvalue weighted by Crippen LogP contribution is -1.95. The summed E-state index contributed by atoms with van der Waals surface area (Å²) in [5.41, 5.74) is 2.71. The lowest BCUT2D eigenvalue weighted by atomic mass is 10.0. The summed E-state index contributed by atoms with van der Waals surface area (Å²) in [6, 6.07) is 6.50. The Kier molecular flexibility index (Phi) is 7.51. The second-order valence-electron chi connectivity index (χ2n) is 4.74. The number of rotatable bonds is 9. The molecular formula is C16H26O2. The van der Waals surface area contributed by atoms with Crippen molar-refractivity contribution in [3.63, 3.8) is 0 Å². The first-order chi connectivity index (χ1) is 8.81. The molecule has 1 aromatic rings. The topological polar surface area (TPSA) is 29.5 Å². The fourth-order valence-corrected chi connectivity index (χ4v) is 2.20. The van der Waals surface area contributed by atoms with Crippen LogP contribution < -0.4 is 4.74 Å². The number of hydrogen-bond acceptors (Lipinski definition) is 2. The van der Waals surface area contributed by atoms with E-state index in [2.05, 4.69) is 25.1 Å². The normalized spacial score (nSPS) is 10.6. The molecule has 0 aliphatic heterocycles. The maximum atomic E-state index is 8.71. The fraction of sp³-hybridized carbons (Fsp3) is 0.625. The van der Waals surface area contributed by atoms with Crippen LogP contribution in [0.15, 0.2) is 18.2 Å². The first-order valence-corrected chi connectivity index (χ1v) is 7.08. The van der Waals surface area contributed by atoms with E-state index in [1.165, 1.54) is 30.4 Å². The van der Waals surface area contributed by atoms with Gasteiger partial charge in [0, 0.05) is 6.61 Å². The fourth-order valence-electron chi connectivity index (χ4n) is 2.20. The summed E-state index contributed by atoms with van der Waals surface area (Å²) in [7, 11) is 1.74. The summed E-state index contributed by atoms with van der Waals surface area (Å²) in [6.07, 6.45) is 7.91. The van der Waals surface area contributed by atoms with E-state index in [-0.39, 0.29) is 0 Å². The molecule has 0 heterocycles. The molecule has 0 spiro atoms. The second kappa shape index (κ2) is 8.98. The lowest BCUT2D eigenvalue weighted by molar-refractivity contribution is 0.282. The summed E-state index contributed by atoms with van der Waals surface area (Å²) in [5, 5.41) is 8.71. The molecule has 2 heteroatoms. The van der Waals surface area contributed by atoms with Gasteiger partial charge < -0.3 is 9.84 Å². The number of ether oxygens (including phenoxy) is 1. The Morgan fingerprint density at radius 2 is 1.78 bits per heavy atom. The maximum absolute atomic E-state index is 8.71. The van der Waals surface area contributed by atoms with Crippen molar-refractivity contribution in [1.82, 2.24) is 0 Å². The van der Waals surface area contributed by atoms with Crippen molar-refractivity contribution in [2.45, 2.75) is 51.9 Å². The first-order valence-electron chi connectivity index (χ1n) is 7.08. The van der Waals surface area contributed by atoms with Gasteiger partial charge in [-0.05, 0) is 42.9 Å². The molecule has 0 aliphatic carbocycles. The summed E-state index contributed by atoms with van der Waals surface area (Å²) < 4.78 is 5.41. The highest BCUT2D eigenvalue weighted by Gasteiger charge is 2.03.